The highest BCUT2D eigenvalue weighted by Crippen LogP contribution is 2.40. The Morgan fingerprint density at radius 1 is 1.28 bits per heavy atom. The Bertz CT molecular complexity index is 994. The predicted molar refractivity (Wildman–Crippen MR) is 108 cm³/mol. The van der Waals surface area contributed by atoms with E-state index in [1.165, 1.54) is 6.07 Å². The molecule has 0 fully saturated rings. The number of nitrogens with zero attached hydrogens (tertiary/aromatic N) is 2. The van der Waals surface area contributed by atoms with E-state index in [9.17, 15) is 22.8 Å². The molecule has 0 unspecified atom stereocenters. The van der Waals surface area contributed by atoms with Crippen molar-refractivity contribution in [3.8, 4) is 22.9 Å². The van der Waals surface area contributed by atoms with Crippen molar-refractivity contribution >= 4 is 21.6 Å². The van der Waals surface area contributed by atoms with Crippen molar-refractivity contribution in [2.24, 2.45) is 0 Å². The van der Waals surface area contributed by atoms with Crippen LogP contribution in [0.2, 0.25) is 0 Å². The Hall–Kier alpha value is -2.53. The fourth-order valence-electron chi connectivity index (χ4n) is 2.96. The Morgan fingerprint density at radius 2 is 1.93 bits per heavy atom. The summed E-state index contributed by atoms with van der Waals surface area (Å²) < 4.78 is 56.0. The third-order valence-electron chi connectivity index (χ3n) is 4.41. The highest BCUT2D eigenvalue weighted by molar-refractivity contribution is 9.10. The number of rotatable bonds is 5. The van der Waals surface area contributed by atoms with E-state index in [0.717, 1.165) is 18.1 Å². The molecular formula is C21H19BrF4N2O. The fourth-order valence-corrected chi connectivity index (χ4v) is 3.47. The third-order valence-corrected chi connectivity index (χ3v) is 5.03. The molecule has 0 heterocycles. The molecule has 0 saturated heterocycles. The Labute approximate surface area is 175 Å². The summed E-state index contributed by atoms with van der Waals surface area (Å²) in [6, 6.07) is 6.72. The minimum Gasteiger partial charge on any atom is -0.406 e. The van der Waals surface area contributed by atoms with Gasteiger partial charge in [0.1, 0.15) is 17.6 Å². The molecule has 0 radical (unpaired) electrons. The minimum absolute atomic E-state index is 0.105. The molecular weight excluding hydrogens is 452 g/mol. The predicted octanol–water partition coefficient (Wildman–Crippen LogP) is 7.08. The first-order valence-electron chi connectivity index (χ1n) is 8.67. The van der Waals surface area contributed by atoms with Crippen LogP contribution in [-0.2, 0) is 0 Å². The molecule has 0 bridgehead atoms. The lowest BCUT2D eigenvalue weighted by Crippen LogP contribution is -2.17. The average molecular weight is 471 g/mol. The molecule has 0 saturated carbocycles. The average Bonchev–Trinajstić information content (AvgIpc) is 2.61. The van der Waals surface area contributed by atoms with Gasteiger partial charge in [0.25, 0.3) is 0 Å². The van der Waals surface area contributed by atoms with Gasteiger partial charge in [0, 0.05) is 29.4 Å². The SMILES string of the molecule is CCC(C)=CN(C)c1c(C)c(-c2ccc(OC(F)(F)F)cc2F)cc(Br)c1C#N. The van der Waals surface area contributed by atoms with Crippen LogP contribution in [0.3, 0.4) is 0 Å². The van der Waals surface area contributed by atoms with Gasteiger partial charge in [-0.3, -0.25) is 0 Å². The van der Waals surface area contributed by atoms with Crippen molar-refractivity contribution in [2.75, 3.05) is 11.9 Å². The maximum Gasteiger partial charge on any atom is 0.573 e. The molecule has 2 rings (SSSR count). The van der Waals surface area contributed by atoms with E-state index in [-0.39, 0.29) is 5.56 Å². The summed E-state index contributed by atoms with van der Waals surface area (Å²) in [4.78, 5) is 1.79. The molecule has 0 N–H and O–H groups in total. The molecule has 2 aromatic carbocycles. The van der Waals surface area contributed by atoms with Gasteiger partial charge < -0.3 is 9.64 Å². The van der Waals surface area contributed by atoms with E-state index < -0.39 is 17.9 Å². The summed E-state index contributed by atoms with van der Waals surface area (Å²) in [6.07, 6.45) is -2.20. The van der Waals surface area contributed by atoms with Gasteiger partial charge in [-0.25, -0.2) is 4.39 Å². The van der Waals surface area contributed by atoms with Gasteiger partial charge in [-0.1, -0.05) is 12.5 Å². The second kappa shape index (κ2) is 8.87. The van der Waals surface area contributed by atoms with Crippen LogP contribution in [0.5, 0.6) is 5.75 Å². The minimum atomic E-state index is -4.90. The van der Waals surface area contributed by atoms with Crippen molar-refractivity contribution < 1.29 is 22.3 Å². The molecule has 8 heteroatoms. The zero-order valence-electron chi connectivity index (χ0n) is 16.3. The lowest BCUT2D eigenvalue weighted by atomic mass is 9.95. The van der Waals surface area contributed by atoms with Crippen LogP contribution in [0.1, 0.15) is 31.4 Å². The number of nitriles is 1. The Balaban J connectivity index is 2.65. The number of hydrogen-bond donors (Lipinski definition) is 0. The molecule has 0 aliphatic carbocycles. The molecule has 3 nitrogen and oxygen atoms in total. The highest BCUT2D eigenvalue weighted by atomic mass is 79.9. The zero-order valence-corrected chi connectivity index (χ0v) is 17.9. The maximum atomic E-state index is 14.6. The van der Waals surface area contributed by atoms with Crippen molar-refractivity contribution in [3.05, 3.63) is 57.5 Å². The Kier molecular flexibility index (Phi) is 6.96. The summed E-state index contributed by atoms with van der Waals surface area (Å²) in [6.45, 7) is 5.70. The number of anilines is 1. The van der Waals surface area contributed by atoms with Crippen LogP contribution in [0.4, 0.5) is 23.2 Å². The van der Waals surface area contributed by atoms with Crippen LogP contribution >= 0.6 is 15.9 Å². The second-order valence-electron chi connectivity index (χ2n) is 6.50. The molecule has 0 atom stereocenters. The van der Waals surface area contributed by atoms with Crippen LogP contribution in [0.25, 0.3) is 11.1 Å². The first kappa shape index (κ1) is 22.8. The van der Waals surface area contributed by atoms with Gasteiger partial charge in [-0.2, -0.15) is 5.26 Å². The van der Waals surface area contributed by atoms with Crippen LogP contribution in [-0.4, -0.2) is 13.4 Å². The lowest BCUT2D eigenvalue weighted by molar-refractivity contribution is -0.274. The largest absolute Gasteiger partial charge is 0.573 e. The van der Waals surface area contributed by atoms with E-state index in [1.807, 2.05) is 20.0 Å². The van der Waals surface area contributed by atoms with Crippen molar-refractivity contribution in [1.29, 1.82) is 5.26 Å². The van der Waals surface area contributed by atoms with E-state index in [1.54, 1.807) is 24.9 Å². The molecule has 0 aliphatic rings. The Morgan fingerprint density at radius 3 is 2.45 bits per heavy atom. The monoisotopic (exact) mass is 470 g/mol. The van der Waals surface area contributed by atoms with E-state index in [4.69, 9.17) is 0 Å². The first-order chi connectivity index (χ1) is 13.5. The quantitative estimate of drug-likeness (QED) is 0.437. The molecule has 0 spiro atoms. The number of hydrogen-bond acceptors (Lipinski definition) is 3. The van der Waals surface area contributed by atoms with Gasteiger partial charge in [-0.05, 0) is 65.5 Å². The fraction of sp³-hybridized carbons (Fsp3) is 0.286. The van der Waals surface area contributed by atoms with Crippen LogP contribution in [0.15, 0.2) is 40.5 Å². The van der Waals surface area contributed by atoms with Crippen molar-refractivity contribution in [1.82, 2.24) is 0 Å². The van der Waals surface area contributed by atoms with Crippen LogP contribution in [0, 0.1) is 24.1 Å². The molecule has 29 heavy (non-hydrogen) atoms. The standard InChI is InChI=1S/C21H19BrF4N2O/c1-5-12(2)11-28(4)20-13(3)16(9-18(22)17(20)10-27)15-7-6-14(8-19(15)23)29-21(24,25)26/h6-9,11H,5H2,1-4H3. The van der Waals surface area contributed by atoms with Crippen molar-refractivity contribution in [3.63, 3.8) is 0 Å². The van der Waals surface area contributed by atoms with E-state index in [2.05, 4.69) is 26.7 Å². The van der Waals surface area contributed by atoms with Gasteiger partial charge >= 0.3 is 6.36 Å². The lowest BCUT2D eigenvalue weighted by Gasteiger charge is -2.23. The number of allylic oxidation sites excluding steroid dienone is 1. The van der Waals surface area contributed by atoms with Gasteiger partial charge in [0.2, 0.25) is 0 Å². The van der Waals surface area contributed by atoms with Gasteiger partial charge in [0.15, 0.2) is 0 Å². The van der Waals surface area contributed by atoms with Crippen LogP contribution < -0.4 is 9.64 Å². The summed E-state index contributed by atoms with van der Waals surface area (Å²) >= 11 is 3.35. The number of benzene rings is 2. The molecule has 2 aromatic rings. The number of ether oxygens (including phenoxy) is 1. The van der Waals surface area contributed by atoms with E-state index in [0.29, 0.717) is 32.9 Å². The smallest absolute Gasteiger partial charge is 0.406 e. The van der Waals surface area contributed by atoms with Gasteiger partial charge in [-0.15, -0.1) is 13.2 Å². The number of halogens is 5. The second-order valence-corrected chi connectivity index (χ2v) is 7.35. The molecule has 0 amide bonds. The topological polar surface area (TPSA) is 36.3 Å². The normalized spacial score (nSPS) is 11.9. The molecule has 154 valence electrons. The van der Waals surface area contributed by atoms with E-state index >= 15 is 0 Å². The zero-order chi connectivity index (χ0) is 21.9. The molecule has 0 aromatic heterocycles. The highest BCUT2D eigenvalue weighted by Gasteiger charge is 2.31. The summed E-state index contributed by atoms with van der Waals surface area (Å²) in [5.74, 6) is -1.50. The maximum absolute atomic E-state index is 14.6. The first-order valence-corrected chi connectivity index (χ1v) is 9.46. The summed E-state index contributed by atoms with van der Waals surface area (Å²) in [5.41, 5.74) is 3.23. The number of alkyl halides is 3. The van der Waals surface area contributed by atoms with Crippen molar-refractivity contribution in [2.45, 2.75) is 33.6 Å². The molecule has 0 aliphatic heterocycles. The summed E-state index contributed by atoms with van der Waals surface area (Å²) in [7, 11) is 1.79. The summed E-state index contributed by atoms with van der Waals surface area (Å²) in [5, 5.41) is 9.60. The van der Waals surface area contributed by atoms with Gasteiger partial charge in [0.05, 0.1) is 11.3 Å². The third kappa shape index (κ3) is 5.30.